The standard InChI is InChI=1S/C15H18O4S/c1-12-14(8-10-15(19-12)9-5-11-18-15)20(16,17)13-6-3-2-4-7-13/h2-4,6-7H,5,8-11H2,1H3. The summed E-state index contributed by atoms with van der Waals surface area (Å²) >= 11 is 0. The molecule has 0 saturated carbocycles. The first-order valence-electron chi connectivity index (χ1n) is 6.86. The normalized spacial score (nSPS) is 26.9. The van der Waals surface area contributed by atoms with Crippen molar-refractivity contribution in [3.63, 3.8) is 0 Å². The average molecular weight is 294 g/mol. The lowest BCUT2D eigenvalue weighted by Gasteiger charge is -2.34. The van der Waals surface area contributed by atoms with E-state index >= 15 is 0 Å². The van der Waals surface area contributed by atoms with E-state index < -0.39 is 15.6 Å². The van der Waals surface area contributed by atoms with Gasteiger partial charge in [0, 0.05) is 12.8 Å². The van der Waals surface area contributed by atoms with Gasteiger partial charge in [-0.3, -0.25) is 0 Å². The van der Waals surface area contributed by atoms with Gasteiger partial charge >= 0.3 is 0 Å². The minimum Gasteiger partial charge on any atom is -0.466 e. The SMILES string of the molecule is CC1=C(S(=O)(=O)c2ccccc2)CCC2(CCCO2)O1. The van der Waals surface area contributed by atoms with Crippen LogP contribution in [-0.2, 0) is 19.3 Å². The molecule has 2 aliphatic rings. The van der Waals surface area contributed by atoms with Crippen LogP contribution < -0.4 is 0 Å². The first-order valence-corrected chi connectivity index (χ1v) is 8.35. The van der Waals surface area contributed by atoms with Crippen molar-refractivity contribution in [2.45, 2.75) is 43.3 Å². The molecule has 4 nitrogen and oxygen atoms in total. The molecule has 1 aromatic carbocycles. The predicted molar refractivity (Wildman–Crippen MR) is 74.6 cm³/mol. The van der Waals surface area contributed by atoms with Crippen molar-refractivity contribution in [1.29, 1.82) is 0 Å². The summed E-state index contributed by atoms with van der Waals surface area (Å²) in [5, 5.41) is 0. The molecule has 0 aliphatic carbocycles. The van der Waals surface area contributed by atoms with Gasteiger partial charge in [0.2, 0.25) is 15.6 Å². The molecule has 5 heteroatoms. The van der Waals surface area contributed by atoms with Crippen molar-refractivity contribution in [2.75, 3.05) is 6.61 Å². The summed E-state index contributed by atoms with van der Waals surface area (Å²) in [6.07, 6.45) is 2.88. The quantitative estimate of drug-likeness (QED) is 0.841. The minimum absolute atomic E-state index is 0.321. The molecule has 1 unspecified atom stereocenters. The van der Waals surface area contributed by atoms with Gasteiger partial charge in [-0.2, -0.15) is 0 Å². The highest BCUT2D eigenvalue weighted by Crippen LogP contribution is 2.41. The highest BCUT2D eigenvalue weighted by Gasteiger charge is 2.42. The maximum absolute atomic E-state index is 12.6. The molecule has 0 aromatic heterocycles. The van der Waals surface area contributed by atoms with Crippen LogP contribution in [0.1, 0.15) is 32.6 Å². The van der Waals surface area contributed by atoms with E-state index in [1.54, 1.807) is 37.3 Å². The Morgan fingerprint density at radius 1 is 1.15 bits per heavy atom. The molecule has 0 amide bonds. The van der Waals surface area contributed by atoms with E-state index in [0.29, 0.717) is 35.0 Å². The second-order valence-electron chi connectivity index (χ2n) is 5.26. The molecule has 1 spiro atoms. The van der Waals surface area contributed by atoms with Crippen molar-refractivity contribution < 1.29 is 17.9 Å². The van der Waals surface area contributed by atoms with Crippen LogP contribution in [0.5, 0.6) is 0 Å². The van der Waals surface area contributed by atoms with Gasteiger partial charge in [0.05, 0.1) is 16.4 Å². The number of allylic oxidation sites excluding steroid dienone is 2. The molecule has 3 rings (SSSR count). The van der Waals surface area contributed by atoms with E-state index in [0.717, 1.165) is 12.8 Å². The second kappa shape index (κ2) is 4.90. The lowest BCUT2D eigenvalue weighted by molar-refractivity contribution is -0.195. The molecule has 0 radical (unpaired) electrons. The van der Waals surface area contributed by atoms with Crippen LogP contribution in [0.15, 0.2) is 45.9 Å². The number of hydrogen-bond acceptors (Lipinski definition) is 4. The van der Waals surface area contributed by atoms with E-state index in [1.807, 2.05) is 0 Å². The summed E-state index contributed by atoms with van der Waals surface area (Å²) < 4.78 is 36.7. The molecule has 108 valence electrons. The molecular weight excluding hydrogens is 276 g/mol. The lowest BCUT2D eigenvalue weighted by atomic mass is 10.0. The van der Waals surface area contributed by atoms with E-state index in [1.165, 1.54) is 0 Å². The molecule has 1 saturated heterocycles. The monoisotopic (exact) mass is 294 g/mol. The highest BCUT2D eigenvalue weighted by molar-refractivity contribution is 7.95. The van der Waals surface area contributed by atoms with Crippen molar-refractivity contribution in [3.05, 3.63) is 41.0 Å². The molecule has 20 heavy (non-hydrogen) atoms. The molecule has 2 heterocycles. The van der Waals surface area contributed by atoms with Gasteiger partial charge in [-0.05, 0) is 31.9 Å². The highest BCUT2D eigenvalue weighted by atomic mass is 32.2. The summed E-state index contributed by atoms with van der Waals surface area (Å²) in [6, 6.07) is 8.50. The third-order valence-corrected chi connectivity index (χ3v) is 5.94. The van der Waals surface area contributed by atoms with Gasteiger partial charge in [0.1, 0.15) is 5.76 Å². The number of sulfone groups is 1. The fourth-order valence-corrected chi connectivity index (χ4v) is 4.47. The van der Waals surface area contributed by atoms with Crippen LogP contribution in [-0.4, -0.2) is 20.8 Å². The smallest absolute Gasteiger partial charge is 0.210 e. The Hall–Kier alpha value is -1.33. The van der Waals surface area contributed by atoms with Gasteiger partial charge in [0.25, 0.3) is 0 Å². The zero-order valence-electron chi connectivity index (χ0n) is 11.5. The Balaban J connectivity index is 1.95. The number of benzene rings is 1. The Bertz CT molecular complexity index is 625. The summed E-state index contributed by atoms with van der Waals surface area (Å²) in [5.74, 6) is -0.109. The Morgan fingerprint density at radius 3 is 2.50 bits per heavy atom. The maximum atomic E-state index is 12.6. The molecule has 0 bridgehead atoms. The first-order chi connectivity index (χ1) is 9.54. The van der Waals surface area contributed by atoms with E-state index in [9.17, 15) is 8.42 Å². The fourth-order valence-electron chi connectivity index (χ4n) is 2.88. The van der Waals surface area contributed by atoms with Crippen molar-refractivity contribution in [1.82, 2.24) is 0 Å². The van der Waals surface area contributed by atoms with Crippen LogP contribution in [0.3, 0.4) is 0 Å². The van der Waals surface area contributed by atoms with Gasteiger partial charge in [-0.25, -0.2) is 8.42 Å². The molecule has 2 aliphatic heterocycles. The minimum atomic E-state index is -3.46. The van der Waals surface area contributed by atoms with Gasteiger partial charge in [-0.15, -0.1) is 0 Å². The topological polar surface area (TPSA) is 52.6 Å². The van der Waals surface area contributed by atoms with Gasteiger partial charge in [0.15, 0.2) is 0 Å². The lowest BCUT2D eigenvalue weighted by Crippen LogP contribution is -2.35. The van der Waals surface area contributed by atoms with Crippen LogP contribution in [0, 0.1) is 0 Å². The van der Waals surface area contributed by atoms with Gasteiger partial charge < -0.3 is 9.47 Å². The van der Waals surface area contributed by atoms with E-state index in [2.05, 4.69) is 0 Å². The van der Waals surface area contributed by atoms with Gasteiger partial charge in [-0.1, -0.05) is 18.2 Å². The number of ether oxygens (including phenoxy) is 2. The maximum Gasteiger partial charge on any atom is 0.210 e. The second-order valence-corrected chi connectivity index (χ2v) is 7.23. The van der Waals surface area contributed by atoms with Crippen LogP contribution in [0.25, 0.3) is 0 Å². The molecule has 1 atom stereocenters. The summed E-state index contributed by atoms with van der Waals surface area (Å²) in [5.41, 5.74) is 0. The molecule has 0 N–H and O–H groups in total. The predicted octanol–water partition coefficient (Wildman–Crippen LogP) is 3.01. The Kier molecular flexibility index (Phi) is 3.34. The Morgan fingerprint density at radius 2 is 1.90 bits per heavy atom. The largest absolute Gasteiger partial charge is 0.466 e. The number of rotatable bonds is 2. The third kappa shape index (κ3) is 2.25. The van der Waals surface area contributed by atoms with E-state index in [-0.39, 0.29) is 0 Å². The molecule has 1 fully saturated rings. The fraction of sp³-hybridized carbons (Fsp3) is 0.467. The first kappa shape index (κ1) is 13.6. The number of hydrogen-bond donors (Lipinski definition) is 0. The van der Waals surface area contributed by atoms with Crippen LogP contribution >= 0.6 is 0 Å². The van der Waals surface area contributed by atoms with Crippen molar-refractivity contribution in [2.24, 2.45) is 0 Å². The third-order valence-electron chi connectivity index (χ3n) is 3.91. The average Bonchev–Trinajstić information content (AvgIpc) is 2.87. The van der Waals surface area contributed by atoms with Crippen LogP contribution in [0.2, 0.25) is 0 Å². The van der Waals surface area contributed by atoms with Crippen molar-refractivity contribution in [3.8, 4) is 0 Å². The zero-order valence-corrected chi connectivity index (χ0v) is 12.3. The zero-order chi connectivity index (χ0) is 14.2. The molecular formula is C15H18O4S. The molecule has 1 aromatic rings. The Labute approximate surface area is 119 Å². The van der Waals surface area contributed by atoms with E-state index in [4.69, 9.17) is 9.47 Å². The summed E-state index contributed by atoms with van der Waals surface area (Å²) in [7, 11) is -3.46. The summed E-state index contributed by atoms with van der Waals surface area (Å²) in [6.45, 7) is 2.41. The van der Waals surface area contributed by atoms with Crippen LogP contribution in [0.4, 0.5) is 0 Å². The van der Waals surface area contributed by atoms with Crippen molar-refractivity contribution >= 4 is 9.84 Å². The summed E-state index contributed by atoms with van der Waals surface area (Å²) in [4.78, 5) is 0.700.